The Morgan fingerprint density at radius 1 is 1.15 bits per heavy atom. The van der Waals surface area contributed by atoms with E-state index in [-0.39, 0.29) is 17.0 Å². The van der Waals surface area contributed by atoms with E-state index in [1.165, 1.54) is 5.56 Å². The molecule has 1 aromatic heterocycles. The summed E-state index contributed by atoms with van der Waals surface area (Å²) < 4.78 is 0. The third-order valence-corrected chi connectivity index (χ3v) is 6.91. The highest BCUT2D eigenvalue weighted by Gasteiger charge is 2.37. The molecule has 2 aromatic carbocycles. The number of aromatic amines is 1. The van der Waals surface area contributed by atoms with Crippen molar-refractivity contribution in [2.45, 2.75) is 38.5 Å². The van der Waals surface area contributed by atoms with Gasteiger partial charge in [0.2, 0.25) is 5.78 Å². The number of rotatable bonds is 4. The smallest absolute Gasteiger partial charge is 0.206 e. The van der Waals surface area contributed by atoms with Crippen LogP contribution in [0.4, 0.5) is 5.69 Å². The Labute approximate surface area is 195 Å². The van der Waals surface area contributed by atoms with Gasteiger partial charge in [-0.05, 0) is 42.5 Å². The number of H-pyrrole nitrogens is 1. The highest BCUT2D eigenvalue weighted by molar-refractivity contribution is 6.12. The largest absolute Gasteiger partial charge is 0.383 e. The van der Waals surface area contributed by atoms with Crippen molar-refractivity contribution in [1.29, 1.82) is 0 Å². The minimum atomic E-state index is -0.0804. The number of carbonyl (C=O) groups is 2. The van der Waals surface area contributed by atoms with Crippen molar-refractivity contribution in [3.8, 4) is 0 Å². The van der Waals surface area contributed by atoms with Gasteiger partial charge in [-0.25, -0.2) is 0 Å². The fourth-order valence-electron chi connectivity index (χ4n) is 5.39. The van der Waals surface area contributed by atoms with Crippen molar-refractivity contribution in [3.05, 3.63) is 76.6 Å². The summed E-state index contributed by atoms with van der Waals surface area (Å²) in [6.07, 6.45) is 4.56. The standard InChI is InChI=1S/C28H31N3O2/c1-28(2)17-31(16-25(32)18-9-6-5-7-10-18)24-13-21-20-12-8-11-19(15-30(3)4)27(33)26(20)29-23(21)14-22(24)28/h5-7,9-10,13-15,29H,8,11-12,16-17H2,1-4H3. The van der Waals surface area contributed by atoms with Gasteiger partial charge in [-0.2, -0.15) is 0 Å². The minimum Gasteiger partial charge on any atom is -0.383 e. The highest BCUT2D eigenvalue weighted by atomic mass is 16.1. The maximum atomic E-state index is 13.3. The Balaban J connectivity index is 1.57. The van der Waals surface area contributed by atoms with E-state index in [1.54, 1.807) is 0 Å². The van der Waals surface area contributed by atoms with Gasteiger partial charge in [0.25, 0.3) is 0 Å². The molecule has 3 aromatic rings. The number of hydrogen-bond donors (Lipinski definition) is 1. The third-order valence-electron chi connectivity index (χ3n) is 6.91. The Hall–Kier alpha value is -3.34. The molecule has 5 rings (SSSR count). The molecule has 33 heavy (non-hydrogen) atoms. The molecule has 1 aliphatic carbocycles. The summed E-state index contributed by atoms with van der Waals surface area (Å²) in [7, 11) is 3.91. The molecule has 0 bridgehead atoms. The zero-order chi connectivity index (χ0) is 23.3. The molecule has 1 aliphatic heterocycles. The van der Waals surface area contributed by atoms with Gasteiger partial charge in [0, 0.05) is 60.0 Å². The van der Waals surface area contributed by atoms with Crippen molar-refractivity contribution in [2.24, 2.45) is 0 Å². The molecule has 0 unspecified atom stereocenters. The van der Waals surface area contributed by atoms with E-state index in [1.807, 2.05) is 55.5 Å². The topological polar surface area (TPSA) is 56.4 Å². The minimum absolute atomic E-state index is 0.0804. The van der Waals surface area contributed by atoms with Crippen LogP contribution in [0.15, 0.2) is 54.2 Å². The molecule has 0 atom stereocenters. The normalized spacial score (nSPS) is 18.4. The number of carbonyl (C=O) groups excluding carboxylic acids is 2. The Bertz CT molecular complexity index is 1280. The van der Waals surface area contributed by atoms with E-state index in [2.05, 4.69) is 35.9 Å². The van der Waals surface area contributed by atoms with Crippen molar-refractivity contribution in [2.75, 3.05) is 32.1 Å². The number of allylic oxidation sites excluding steroid dienone is 1. The summed E-state index contributed by atoms with van der Waals surface area (Å²) >= 11 is 0. The number of benzene rings is 2. The Kier molecular flexibility index (Phi) is 5.15. The second-order valence-corrected chi connectivity index (χ2v) is 10.2. The zero-order valence-corrected chi connectivity index (χ0v) is 19.9. The molecule has 2 heterocycles. The van der Waals surface area contributed by atoms with Crippen LogP contribution < -0.4 is 4.90 Å². The van der Waals surface area contributed by atoms with E-state index >= 15 is 0 Å². The number of aryl methyl sites for hydroxylation is 1. The van der Waals surface area contributed by atoms with E-state index < -0.39 is 0 Å². The van der Waals surface area contributed by atoms with Crippen molar-refractivity contribution in [1.82, 2.24) is 9.88 Å². The summed E-state index contributed by atoms with van der Waals surface area (Å²) in [5, 5.41) is 1.11. The van der Waals surface area contributed by atoms with Crippen LogP contribution in [0.5, 0.6) is 0 Å². The first-order chi connectivity index (χ1) is 15.7. The van der Waals surface area contributed by atoms with E-state index in [9.17, 15) is 9.59 Å². The highest BCUT2D eigenvalue weighted by Crippen LogP contribution is 2.44. The van der Waals surface area contributed by atoms with Gasteiger partial charge in [0.15, 0.2) is 5.78 Å². The van der Waals surface area contributed by atoms with Gasteiger partial charge in [-0.15, -0.1) is 0 Å². The van der Waals surface area contributed by atoms with Crippen LogP contribution in [0.2, 0.25) is 0 Å². The summed E-state index contributed by atoms with van der Waals surface area (Å²) in [4.78, 5) is 33.9. The summed E-state index contributed by atoms with van der Waals surface area (Å²) in [5.74, 6) is 0.226. The Morgan fingerprint density at radius 3 is 2.64 bits per heavy atom. The molecule has 170 valence electrons. The van der Waals surface area contributed by atoms with Gasteiger partial charge >= 0.3 is 0 Å². The van der Waals surface area contributed by atoms with E-state index in [0.29, 0.717) is 6.54 Å². The summed E-state index contributed by atoms with van der Waals surface area (Å²) in [6, 6.07) is 13.9. The van der Waals surface area contributed by atoms with E-state index in [0.717, 1.165) is 64.8 Å². The molecule has 0 radical (unpaired) electrons. The lowest BCUT2D eigenvalue weighted by Gasteiger charge is -2.21. The quantitative estimate of drug-likeness (QED) is 0.347. The second kappa shape index (κ2) is 7.91. The average Bonchev–Trinajstić information content (AvgIpc) is 3.20. The fourth-order valence-corrected chi connectivity index (χ4v) is 5.39. The average molecular weight is 442 g/mol. The molecule has 5 heteroatoms. The van der Waals surface area contributed by atoms with Crippen LogP contribution in [0, 0.1) is 0 Å². The lowest BCUT2D eigenvalue weighted by molar-refractivity contribution is 0.0996. The predicted octanol–water partition coefficient (Wildman–Crippen LogP) is 5.11. The molecule has 2 aliphatic rings. The van der Waals surface area contributed by atoms with Gasteiger partial charge in [0.05, 0.1) is 12.2 Å². The van der Waals surface area contributed by atoms with Crippen LogP contribution in [0.1, 0.15) is 58.7 Å². The number of aromatic nitrogens is 1. The summed E-state index contributed by atoms with van der Waals surface area (Å²) in [5.41, 5.74) is 6.70. The molecular formula is C28H31N3O2. The van der Waals surface area contributed by atoms with Crippen LogP contribution >= 0.6 is 0 Å². The van der Waals surface area contributed by atoms with Gasteiger partial charge < -0.3 is 14.8 Å². The molecular weight excluding hydrogens is 410 g/mol. The predicted molar refractivity (Wildman–Crippen MR) is 133 cm³/mol. The van der Waals surface area contributed by atoms with Crippen molar-refractivity contribution < 1.29 is 9.59 Å². The second-order valence-electron chi connectivity index (χ2n) is 10.2. The number of anilines is 1. The molecule has 5 nitrogen and oxygen atoms in total. The first-order valence-electron chi connectivity index (χ1n) is 11.7. The molecule has 1 N–H and O–H groups in total. The number of fused-ring (bicyclic) bond motifs is 4. The monoisotopic (exact) mass is 441 g/mol. The molecule has 0 saturated carbocycles. The maximum Gasteiger partial charge on any atom is 0.206 e. The van der Waals surface area contributed by atoms with Crippen molar-refractivity contribution in [3.63, 3.8) is 0 Å². The van der Waals surface area contributed by atoms with Gasteiger partial charge in [-0.3, -0.25) is 9.59 Å². The van der Waals surface area contributed by atoms with Gasteiger partial charge in [-0.1, -0.05) is 44.2 Å². The van der Waals surface area contributed by atoms with E-state index in [4.69, 9.17) is 0 Å². The molecule has 0 spiro atoms. The number of ketones is 2. The summed E-state index contributed by atoms with van der Waals surface area (Å²) in [6.45, 7) is 5.60. The zero-order valence-electron chi connectivity index (χ0n) is 19.9. The third kappa shape index (κ3) is 3.75. The van der Waals surface area contributed by atoms with Crippen molar-refractivity contribution >= 4 is 28.2 Å². The fraction of sp³-hybridized carbons (Fsp3) is 0.357. The van der Waals surface area contributed by atoms with Crippen LogP contribution in [-0.2, 0) is 11.8 Å². The lowest BCUT2D eigenvalue weighted by Crippen LogP contribution is -2.32. The maximum absolute atomic E-state index is 13.3. The number of nitrogens with one attached hydrogen (secondary N) is 1. The molecule has 0 amide bonds. The first-order valence-corrected chi connectivity index (χ1v) is 11.7. The number of Topliss-reactive ketones (excluding diaryl/α,β-unsaturated/α-hetero) is 2. The molecule has 0 saturated heterocycles. The number of hydrogen-bond acceptors (Lipinski definition) is 4. The van der Waals surface area contributed by atoms with Crippen LogP contribution in [-0.4, -0.2) is 48.6 Å². The lowest BCUT2D eigenvalue weighted by atomic mass is 9.86. The number of nitrogens with zero attached hydrogens (tertiary/aromatic N) is 2. The Morgan fingerprint density at radius 2 is 1.91 bits per heavy atom. The molecule has 0 fully saturated rings. The van der Waals surface area contributed by atoms with Crippen LogP contribution in [0.25, 0.3) is 10.9 Å². The van der Waals surface area contributed by atoms with Gasteiger partial charge in [0.1, 0.15) is 0 Å². The SMILES string of the molecule is CN(C)C=C1CCCc2c([nH]c3cc4c(cc23)N(CC(=O)c2ccccc2)CC4(C)C)C1=O. The van der Waals surface area contributed by atoms with Crippen LogP contribution in [0.3, 0.4) is 0 Å². The first kappa shape index (κ1) is 21.5.